The number of alkyl halides is 3. The summed E-state index contributed by atoms with van der Waals surface area (Å²) in [5.41, 5.74) is -0.539. The number of halogens is 3. The number of carbonyl (C=O) groups is 1. The Labute approximate surface area is 117 Å². The van der Waals surface area contributed by atoms with Crippen LogP contribution in [0.5, 0.6) is 0 Å². The van der Waals surface area contributed by atoms with Gasteiger partial charge in [-0.1, -0.05) is 74.5 Å². The van der Waals surface area contributed by atoms with Crippen molar-refractivity contribution < 1.29 is 9.53 Å². The Morgan fingerprint density at radius 1 is 1.13 bits per heavy atom. The molecule has 15 heavy (non-hydrogen) atoms. The molecule has 0 aliphatic heterocycles. The summed E-state index contributed by atoms with van der Waals surface area (Å²) in [4.78, 5) is 11.2. The molecule has 0 radical (unpaired) electrons. The standard InChI is InChI=1S/C10H17Br3O2/c1-4-6-9(7-5-2,10(11,12)13)15-8(3)14/h4-7H2,1-3H3. The van der Waals surface area contributed by atoms with E-state index in [0.717, 1.165) is 25.7 Å². The first-order valence-corrected chi connectivity index (χ1v) is 7.43. The molecule has 90 valence electrons. The third kappa shape index (κ3) is 4.73. The largest absolute Gasteiger partial charge is 0.456 e. The van der Waals surface area contributed by atoms with E-state index in [1.54, 1.807) is 0 Å². The lowest BCUT2D eigenvalue weighted by atomic mass is 9.94. The maximum absolute atomic E-state index is 11.2. The summed E-state index contributed by atoms with van der Waals surface area (Å²) in [5.74, 6) is -0.250. The number of rotatable bonds is 5. The van der Waals surface area contributed by atoms with Crippen molar-refractivity contribution in [3.05, 3.63) is 0 Å². The second-order valence-electron chi connectivity index (χ2n) is 3.59. The first kappa shape index (κ1) is 15.9. The lowest BCUT2D eigenvalue weighted by Crippen LogP contribution is -2.45. The van der Waals surface area contributed by atoms with Crippen molar-refractivity contribution in [2.24, 2.45) is 0 Å². The van der Waals surface area contributed by atoms with Gasteiger partial charge in [-0.3, -0.25) is 4.79 Å². The molecule has 0 spiro atoms. The minimum absolute atomic E-state index is 0.250. The maximum atomic E-state index is 11.2. The van der Waals surface area contributed by atoms with Gasteiger partial charge in [0.1, 0.15) is 5.60 Å². The summed E-state index contributed by atoms with van der Waals surface area (Å²) in [6.45, 7) is 5.60. The topological polar surface area (TPSA) is 26.3 Å². The molecule has 0 N–H and O–H groups in total. The summed E-state index contributed by atoms with van der Waals surface area (Å²) in [6.07, 6.45) is 3.53. The van der Waals surface area contributed by atoms with Crippen LogP contribution in [-0.2, 0) is 9.53 Å². The van der Waals surface area contributed by atoms with Gasteiger partial charge < -0.3 is 4.74 Å². The highest BCUT2D eigenvalue weighted by Crippen LogP contribution is 2.50. The van der Waals surface area contributed by atoms with Gasteiger partial charge in [0.25, 0.3) is 0 Å². The molecule has 0 bridgehead atoms. The van der Waals surface area contributed by atoms with Crippen LogP contribution in [0.1, 0.15) is 46.5 Å². The van der Waals surface area contributed by atoms with Gasteiger partial charge in [-0.2, -0.15) is 0 Å². The Kier molecular flexibility index (Phi) is 7.00. The van der Waals surface area contributed by atoms with Crippen LogP contribution in [0.4, 0.5) is 0 Å². The molecule has 0 saturated heterocycles. The SMILES string of the molecule is CCCC(CCC)(OC(C)=O)C(Br)(Br)Br. The van der Waals surface area contributed by atoms with Crippen LogP contribution >= 0.6 is 47.8 Å². The molecular weight excluding hydrogens is 392 g/mol. The second kappa shape index (κ2) is 6.60. The number of esters is 1. The summed E-state index contributed by atoms with van der Waals surface area (Å²) in [6, 6.07) is 0. The molecule has 0 aromatic rings. The Morgan fingerprint density at radius 3 is 1.73 bits per heavy atom. The predicted octanol–water partition coefficient (Wildman–Crippen LogP) is 4.73. The second-order valence-corrected chi connectivity index (χ2v) is 10.3. The molecule has 0 aliphatic rings. The summed E-state index contributed by atoms with van der Waals surface area (Å²) in [5, 5.41) is 0. The average Bonchev–Trinajstić information content (AvgIpc) is 2.01. The zero-order valence-corrected chi connectivity index (χ0v) is 14.0. The fourth-order valence-electron chi connectivity index (χ4n) is 1.65. The first-order chi connectivity index (χ1) is 6.79. The van der Waals surface area contributed by atoms with Gasteiger partial charge >= 0.3 is 5.97 Å². The molecule has 0 aromatic heterocycles. The van der Waals surface area contributed by atoms with Gasteiger partial charge in [0.2, 0.25) is 0 Å². The fraction of sp³-hybridized carbons (Fsp3) is 0.900. The number of hydrogen-bond donors (Lipinski definition) is 0. The smallest absolute Gasteiger partial charge is 0.303 e. The van der Waals surface area contributed by atoms with Crippen LogP contribution in [0.2, 0.25) is 0 Å². The molecule has 2 nitrogen and oxygen atoms in total. The normalized spacial score (nSPS) is 12.7. The highest BCUT2D eigenvalue weighted by atomic mass is 80.0. The predicted molar refractivity (Wildman–Crippen MR) is 73.8 cm³/mol. The van der Waals surface area contributed by atoms with Crippen LogP contribution in [-0.4, -0.2) is 13.7 Å². The highest BCUT2D eigenvalue weighted by molar-refractivity contribution is 9.39. The molecule has 0 saturated carbocycles. The van der Waals surface area contributed by atoms with E-state index < -0.39 is 7.74 Å². The zero-order chi connectivity index (χ0) is 12.1. The molecule has 0 heterocycles. The average molecular weight is 409 g/mol. The fourth-order valence-corrected chi connectivity index (χ4v) is 3.08. The van der Waals surface area contributed by atoms with Crippen LogP contribution in [0.15, 0.2) is 0 Å². The maximum Gasteiger partial charge on any atom is 0.303 e. The lowest BCUT2D eigenvalue weighted by molar-refractivity contribution is -0.157. The Balaban J connectivity index is 4.97. The van der Waals surface area contributed by atoms with E-state index in [1.165, 1.54) is 6.92 Å². The zero-order valence-electron chi connectivity index (χ0n) is 9.28. The molecule has 0 unspecified atom stereocenters. The molecule has 0 rings (SSSR count). The molecule has 0 amide bonds. The van der Waals surface area contributed by atoms with E-state index in [0.29, 0.717) is 0 Å². The lowest BCUT2D eigenvalue weighted by Gasteiger charge is -2.39. The van der Waals surface area contributed by atoms with E-state index in [9.17, 15) is 4.79 Å². The Bertz CT molecular complexity index is 205. The highest BCUT2D eigenvalue weighted by Gasteiger charge is 2.48. The summed E-state index contributed by atoms with van der Waals surface area (Å²) in [7, 11) is 0. The van der Waals surface area contributed by atoms with Crippen molar-refractivity contribution >= 4 is 53.8 Å². The number of ether oxygens (including phenoxy) is 1. The first-order valence-electron chi connectivity index (χ1n) is 5.05. The van der Waals surface area contributed by atoms with Crippen LogP contribution in [0.25, 0.3) is 0 Å². The van der Waals surface area contributed by atoms with E-state index in [-0.39, 0.29) is 5.97 Å². The van der Waals surface area contributed by atoms with Gasteiger partial charge in [0.15, 0.2) is 2.14 Å². The van der Waals surface area contributed by atoms with Gasteiger partial charge in [-0.05, 0) is 12.8 Å². The number of carbonyl (C=O) groups excluding carboxylic acids is 1. The van der Waals surface area contributed by atoms with E-state index in [4.69, 9.17) is 4.74 Å². The summed E-state index contributed by atoms with van der Waals surface area (Å²) >= 11 is 10.5. The van der Waals surface area contributed by atoms with Crippen molar-refractivity contribution in [1.29, 1.82) is 0 Å². The third-order valence-electron chi connectivity index (χ3n) is 2.16. The Morgan fingerprint density at radius 2 is 1.53 bits per heavy atom. The molecule has 0 atom stereocenters. The van der Waals surface area contributed by atoms with Crippen LogP contribution in [0, 0.1) is 0 Å². The van der Waals surface area contributed by atoms with Crippen molar-refractivity contribution in [1.82, 2.24) is 0 Å². The van der Waals surface area contributed by atoms with E-state index in [1.807, 2.05) is 0 Å². The van der Waals surface area contributed by atoms with Gasteiger partial charge in [-0.15, -0.1) is 0 Å². The van der Waals surface area contributed by atoms with E-state index in [2.05, 4.69) is 61.6 Å². The molecule has 0 aromatic carbocycles. The number of hydrogen-bond acceptors (Lipinski definition) is 2. The van der Waals surface area contributed by atoms with Crippen molar-refractivity contribution in [3.8, 4) is 0 Å². The molecular formula is C10H17Br3O2. The molecule has 0 aliphatic carbocycles. The molecule has 5 heteroatoms. The summed E-state index contributed by atoms with van der Waals surface area (Å²) < 4.78 is 4.95. The minimum Gasteiger partial charge on any atom is -0.456 e. The minimum atomic E-state index is -0.558. The van der Waals surface area contributed by atoms with Gasteiger partial charge in [-0.25, -0.2) is 0 Å². The van der Waals surface area contributed by atoms with Crippen molar-refractivity contribution in [2.75, 3.05) is 0 Å². The third-order valence-corrected chi connectivity index (χ3v) is 4.33. The molecule has 0 fully saturated rings. The monoisotopic (exact) mass is 406 g/mol. The van der Waals surface area contributed by atoms with E-state index >= 15 is 0 Å². The Hall–Kier alpha value is 0.910. The van der Waals surface area contributed by atoms with Gasteiger partial charge in [0, 0.05) is 6.92 Å². The van der Waals surface area contributed by atoms with Crippen molar-refractivity contribution in [2.45, 2.75) is 54.2 Å². The van der Waals surface area contributed by atoms with Crippen LogP contribution in [0.3, 0.4) is 0 Å². The quantitative estimate of drug-likeness (QED) is 0.485. The van der Waals surface area contributed by atoms with Gasteiger partial charge in [0.05, 0.1) is 0 Å². The van der Waals surface area contributed by atoms with Crippen LogP contribution < -0.4 is 0 Å². The van der Waals surface area contributed by atoms with Crippen molar-refractivity contribution in [3.63, 3.8) is 0 Å².